The van der Waals surface area contributed by atoms with E-state index < -0.39 is 0 Å². The van der Waals surface area contributed by atoms with E-state index in [-0.39, 0.29) is 6.10 Å². The number of hydrogen-bond acceptors (Lipinski definition) is 2. The van der Waals surface area contributed by atoms with Crippen LogP contribution in [0.2, 0.25) is 0 Å². The lowest BCUT2D eigenvalue weighted by atomic mass is 10.1. The van der Waals surface area contributed by atoms with Gasteiger partial charge in [-0.2, -0.15) is 5.26 Å². The topological polar surface area (TPSA) is 33.0 Å². The highest BCUT2D eigenvalue weighted by Gasteiger charge is 2.02. The van der Waals surface area contributed by atoms with E-state index >= 15 is 0 Å². The Kier molecular flexibility index (Phi) is 2.51. The number of nitrogens with zero attached hydrogens (tertiary/aromatic N) is 1. The lowest BCUT2D eigenvalue weighted by Crippen LogP contribution is -1.93. The molecule has 0 aliphatic rings. The van der Waals surface area contributed by atoms with Crippen molar-refractivity contribution in [1.82, 2.24) is 0 Å². The van der Waals surface area contributed by atoms with Gasteiger partial charge in [0, 0.05) is 0 Å². The number of rotatable bonds is 2. The van der Waals surface area contributed by atoms with Crippen molar-refractivity contribution in [3.05, 3.63) is 35.9 Å². The summed E-state index contributed by atoms with van der Waals surface area (Å²) in [5.74, 6) is 0. The first-order chi connectivity index (χ1) is 5.34. The van der Waals surface area contributed by atoms with Gasteiger partial charge in [-0.15, -0.1) is 0 Å². The molecule has 1 rings (SSSR count). The predicted octanol–water partition coefficient (Wildman–Crippen LogP) is 2.25. The van der Waals surface area contributed by atoms with E-state index in [2.05, 4.69) is 0 Å². The second-order valence-corrected chi connectivity index (χ2v) is 2.26. The van der Waals surface area contributed by atoms with Crippen molar-refractivity contribution in [2.24, 2.45) is 0 Å². The van der Waals surface area contributed by atoms with Crippen LogP contribution >= 0.6 is 0 Å². The Morgan fingerprint density at radius 3 is 2.55 bits per heavy atom. The molecule has 0 spiro atoms. The molecular formula is C9H9NO. The Balaban J connectivity index is 2.70. The van der Waals surface area contributed by atoms with Crippen LogP contribution in [0.4, 0.5) is 0 Å². The van der Waals surface area contributed by atoms with Gasteiger partial charge in [-0.3, -0.25) is 0 Å². The molecule has 1 aromatic rings. The molecule has 56 valence electrons. The smallest absolute Gasteiger partial charge is 0.286 e. The first-order valence-electron chi connectivity index (χ1n) is 3.44. The van der Waals surface area contributed by atoms with E-state index in [1.165, 1.54) is 0 Å². The second kappa shape index (κ2) is 3.62. The summed E-state index contributed by atoms with van der Waals surface area (Å²) in [5.41, 5.74) is 1.02. The average Bonchev–Trinajstić information content (AvgIpc) is 2.07. The highest BCUT2D eigenvalue weighted by Crippen LogP contribution is 2.14. The summed E-state index contributed by atoms with van der Waals surface area (Å²) >= 11 is 0. The van der Waals surface area contributed by atoms with E-state index in [4.69, 9.17) is 10.00 Å². The summed E-state index contributed by atoms with van der Waals surface area (Å²) < 4.78 is 4.73. The van der Waals surface area contributed by atoms with Gasteiger partial charge in [0.15, 0.2) is 0 Å². The molecule has 0 heterocycles. The Bertz CT molecular complexity index is 250. The fourth-order valence-corrected chi connectivity index (χ4v) is 0.871. The molecule has 2 nitrogen and oxygen atoms in total. The summed E-state index contributed by atoms with van der Waals surface area (Å²) in [6.45, 7) is 1.85. The monoisotopic (exact) mass is 147 g/mol. The lowest BCUT2D eigenvalue weighted by molar-refractivity contribution is 0.182. The van der Waals surface area contributed by atoms with Crippen LogP contribution in [0.25, 0.3) is 0 Å². The third-order valence-corrected chi connectivity index (χ3v) is 1.50. The van der Waals surface area contributed by atoms with Crippen LogP contribution in [-0.2, 0) is 4.74 Å². The number of ether oxygens (including phenoxy) is 1. The van der Waals surface area contributed by atoms with Crippen molar-refractivity contribution in [3.8, 4) is 6.26 Å². The van der Waals surface area contributed by atoms with Gasteiger partial charge in [-0.25, -0.2) is 0 Å². The molecule has 2 heteroatoms. The fourth-order valence-electron chi connectivity index (χ4n) is 0.871. The van der Waals surface area contributed by atoms with Crippen LogP contribution in [0.1, 0.15) is 18.6 Å². The van der Waals surface area contributed by atoms with Crippen molar-refractivity contribution in [3.63, 3.8) is 0 Å². The number of nitriles is 1. The van der Waals surface area contributed by atoms with Gasteiger partial charge in [0.05, 0.1) is 0 Å². The third kappa shape index (κ3) is 1.98. The fraction of sp³-hybridized carbons (Fsp3) is 0.222. The van der Waals surface area contributed by atoms with E-state index in [0.717, 1.165) is 5.56 Å². The maximum atomic E-state index is 8.23. The summed E-state index contributed by atoms with van der Waals surface area (Å²) in [5, 5.41) is 8.23. The van der Waals surface area contributed by atoms with Crippen molar-refractivity contribution >= 4 is 0 Å². The van der Waals surface area contributed by atoms with Crippen molar-refractivity contribution in [2.75, 3.05) is 0 Å². The average molecular weight is 147 g/mol. The Morgan fingerprint density at radius 2 is 2.00 bits per heavy atom. The van der Waals surface area contributed by atoms with Gasteiger partial charge in [-0.1, -0.05) is 30.3 Å². The predicted molar refractivity (Wildman–Crippen MR) is 41.6 cm³/mol. The van der Waals surface area contributed by atoms with Gasteiger partial charge in [-0.05, 0) is 12.5 Å². The molecule has 11 heavy (non-hydrogen) atoms. The van der Waals surface area contributed by atoms with Crippen LogP contribution in [0.15, 0.2) is 30.3 Å². The molecule has 0 radical (unpaired) electrons. The molecule has 1 atom stereocenters. The maximum Gasteiger partial charge on any atom is 0.286 e. The van der Waals surface area contributed by atoms with Crippen LogP contribution in [0, 0.1) is 11.5 Å². The Hall–Kier alpha value is -1.49. The van der Waals surface area contributed by atoms with Crippen LogP contribution < -0.4 is 0 Å². The minimum atomic E-state index is -0.138. The molecule has 0 saturated carbocycles. The zero-order valence-electron chi connectivity index (χ0n) is 6.32. The highest BCUT2D eigenvalue weighted by molar-refractivity contribution is 5.16. The zero-order chi connectivity index (χ0) is 8.10. The molecule has 0 bridgehead atoms. The third-order valence-electron chi connectivity index (χ3n) is 1.50. The van der Waals surface area contributed by atoms with Crippen LogP contribution in [0.5, 0.6) is 0 Å². The largest absolute Gasteiger partial charge is 0.420 e. The van der Waals surface area contributed by atoms with E-state index in [1.807, 2.05) is 37.3 Å². The van der Waals surface area contributed by atoms with Crippen molar-refractivity contribution < 1.29 is 4.74 Å². The molecule has 0 saturated heterocycles. The number of benzene rings is 1. The zero-order valence-corrected chi connectivity index (χ0v) is 6.32. The van der Waals surface area contributed by atoms with Crippen LogP contribution in [-0.4, -0.2) is 0 Å². The van der Waals surface area contributed by atoms with Crippen LogP contribution in [0.3, 0.4) is 0 Å². The first kappa shape index (κ1) is 7.62. The maximum absolute atomic E-state index is 8.23. The molecular weight excluding hydrogens is 138 g/mol. The van der Waals surface area contributed by atoms with Gasteiger partial charge >= 0.3 is 0 Å². The SMILES string of the molecule is C[C@H](OC#N)c1ccccc1. The summed E-state index contributed by atoms with van der Waals surface area (Å²) in [6.07, 6.45) is 1.53. The van der Waals surface area contributed by atoms with E-state index in [0.29, 0.717) is 0 Å². The molecule has 0 unspecified atom stereocenters. The molecule has 0 aliphatic heterocycles. The van der Waals surface area contributed by atoms with Gasteiger partial charge in [0.2, 0.25) is 0 Å². The summed E-state index contributed by atoms with van der Waals surface area (Å²) in [4.78, 5) is 0. The molecule has 0 aromatic heterocycles. The number of hydrogen-bond donors (Lipinski definition) is 0. The summed E-state index contributed by atoms with van der Waals surface area (Å²) in [6, 6.07) is 9.64. The molecule has 1 aromatic carbocycles. The van der Waals surface area contributed by atoms with Crippen molar-refractivity contribution in [2.45, 2.75) is 13.0 Å². The Labute approximate surface area is 66.0 Å². The quantitative estimate of drug-likeness (QED) is 0.601. The van der Waals surface area contributed by atoms with Gasteiger partial charge < -0.3 is 4.74 Å². The van der Waals surface area contributed by atoms with Crippen molar-refractivity contribution in [1.29, 1.82) is 5.26 Å². The Morgan fingerprint density at radius 1 is 1.36 bits per heavy atom. The second-order valence-electron chi connectivity index (χ2n) is 2.26. The van der Waals surface area contributed by atoms with Gasteiger partial charge in [0.25, 0.3) is 6.26 Å². The standard InChI is InChI=1S/C9H9NO/c1-8(11-7-10)9-5-3-2-4-6-9/h2-6,8H,1H3/t8-/m0/s1. The highest BCUT2D eigenvalue weighted by atomic mass is 16.5. The summed E-state index contributed by atoms with van der Waals surface area (Å²) in [7, 11) is 0. The van der Waals surface area contributed by atoms with E-state index in [1.54, 1.807) is 6.26 Å². The molecule has 0 fully saturated rings. The lowest BCUT2D eigenvalue weighted by Gasteiger charge is -2.06. The molecule has 0 N–H and O–H groups in total. The van der Waals surface area contributed by atoms with E-state index in [9.17, 15) is 0 Å². The van der Waals surface area contributed by atoms with Gasteiger partial charge in [0.1, 0.15) is 6.10 Å². The minimum absolute atomic E-state index is 0.138. The first-order valence-corrected chi connectivity index (χ1v) is 3.44. The normalized spacial score (nSPS) is 11.6. The minimum Gasteiger partial charge on any atom is -0.420 e. The molecule has 0 amide bonds. The molecule has 0 aliphatic carbocycles.